The van der Waals surface area contributed by atoms with Gasteiger partial charge in [0.05, 0.1) is 19.0 Å². The molecule has 1 aliphatic carbocycles. The lowest BCUT2D eigenvalue weighted by atomic mass is 9.86. The van der Waals surface area contributed by atoms with Gasteiger partial charge in [-0.3, -0.25) is 4.79 Å². The van der Waals surface area contributed by atoms with Crippen LogP contribution >= 0.6 is 11.8 Å². The average Bonchev–Trinajstić information content (AvgIpc) is 3.07. The Morgan fingerprint density at radius 2 is 2.04 bits per heavy atom. The topological polar surface area (TPSA) is 64.2 Å². The first-order chi connectivity index (χ1) is 13.1. The van der Waals surface area contributed by atoms with Gasteiger partial charge in [-0.2, -0.15) is 0 Å². The van der Waals surface area contributed by atoms with Crippen LogP contribution in [0.25, 0.3) is 0 Å². The fourth-order valence-electron chi connectivity index (χ4n) is 4.68. The van der Waals surface area contributed by atoms with Crippen LogP contribution in [-0.4, -0.2) is 52.1 Å². The summed E-state index contributed by atoms with van der Waals surface area (Å²) in [6, 6.07) is 0.378. The van der Waals surface area contributed by atoms with E-state index < -0.39 is 0 Å². The van der Waals surface area contributed by atoms with E-state index in [0.717, 1.165) is 55.6 Å². The number of aromatic nitrogens is 3. The highest BCUT2D eigenvalue weighted by atomic mass is 32.2. The van der Waals surface area contributed by atoms with Crippen LogP contribution in [0.2, 0.25) is 0 Å². The molecule has 0 radical (unpaired) electrons. The minimum atomic E-state index is 0.226. The van der Waals surface area contributed by atoms with Gasteiger partial charge in [0, 0.05) is 12.6 Å². The lowest BCUT2D eigenvalue weighted by Gasteiger charge is -2.32. The van der Waals surface area contributed by atoms with Crippen molar-refractivity contribution in [3.63, 3.8) is 0 Å². The number of piperidine rings is 1. The smallest absolute Gasteiger partial charge is 0.275 e. The number of nitrogens with one attached hydrogen (secondary N) is 2. The van der Waals surface area contributed by atoms with Crippen LogP contribution in [0.4, 0.5) is 0 Å². The van der Waals surface area contributed by atoms with Gasteiger partial charge in [-0.15, -0.1) is 10.2 Å². The number of carbonyl (C=O) groups excluding carboxylic acids is 1. The zero-order valence-electron chi connectivity index (χ0n) is 17.2. The van der Waals surface area contributed by atoms with E-state index in [1.807, 2.05) is 0 Å². The Hall–Kier alpha value is -1.08. The highest BCUT2D eigenvalue weighted by Gasteiger charge is 2.31. The molecular weight excluding hydrogens is 358 g/mol. The van der Waals surface area contributed by atoms with Crippen molar-refractivity contribution in [1.29, 1.82) is 0 Å². The zero-order chi connectivity index (χ0) is 19.2. The standard InChI is InChI=1S/C20H35N5OS/c1-4-25-19(22-23-20(25)27-5-2)16-10-8-12-24(13-16)14-18(26)21-17-11-7-6-9-15(17)3/h15-17H,4-14H2,1-3H3,(H,21,26)/p+1/t15-,16-,17+/m0/s1. The molecule has 0 bridgehead atoms. The first-order valence-corrected chi connectivity index (χ1v) is 11.8. The number of amides is 1. The number of hydrogen-bond donors (Lipinski definition) is 2. The molecule has 3 rings (SSSR count). The van der Waals surface area contributed by atoms with Crippen molar-refractivity contribution in [1.82, 2.24) is 20.1 Å². The van der Waals surface area contributed by atoms with E-state index in [1.165, 1.54) is 24.2 Å². The Labute approximate surface area is 167 Å². The van der Waals surface area contributed by atoms with E-state index in [9.17, 15) is 4.79 Å². The molecule has 27 heavy (non-hydrogen) atoms. The highest BCUT2D eigenvalue weighted by molar-refractivity contribution is 7.99. The van der Waals surface area contributed by atoms with Crippen LogP contribution < -0.4 is 10.2 Å². The maximum atomic E-state index is 12.6. The summed E-state index contributed by atoms with van der Waals surface area (Å²) < 4.78 is 2.27. The van der Waals surface area contributed by atoms with Gasteiger partial charge < -0.3 is 14.8 Å². The van der Waals surface area contributed by atoms with Gasteiger partial charge in [-0.05, 0) is 44.3 Å². The van der Waals surface area contributed by atoms with Gasteiger partial charge in [0.1, 0.15) is 5.82 Å². The second kappa shape index (κ2) is 9.92. The molecule has 2 heterocycles. The largest absolute Gasteiger partial charge is 0.348 e. The lowest BCUT2D eigenvalue weighted by Crippen LogP contribution is -3.14. The summed E-state index contributed by atoms with van der Waals surface area (Å²) in [5.41, 5.74) is 0. The Morgan fingerprint density at radius 1 is 1.22 bits per heavy atom. The molecule has 1 amide bonds. The molecule has 0 aromatic carbocycles. The van der Waals surface area contributed by atoms with Gasteiger partial charge in [-0.25, -0.2) is 0 Å². The molecule has 2 aliphatic rings. The number of rotatable bonds is 7. The van der Waals surface area contributed by atoms with Crippen molar-refractivity contribution in [2.45, 2.75) is 83.0 Å². The normalized spacial score (nSPS) is 28.9. The van der Waals surface area contributed by atoms with E-state index in [-0.39, 0.29) is 5.91 Å². The SMILES string of the molecule is CCSc1nnc([C@H]2CCC[NH+](CC(=O)N[C@@H]3CCCC[C@@H]3C)C2)n1CC. The number of hydrogen-bond acceptors (Lipinski definition) is 4. The molecule has 0 spiro atoms. The van der Waals surface area contributed by atoms with E-state index >= 15 is 0 Å². The monoisotopic (exact) mass is 394 g/mol. The molecule has 1 saturated carbocycles. The summed E-state index contributed by atoms with van der Waals surface area (Å²) in [6.07, 6.45) is 7.25. The third-order valence-corrected chi connectivity index (χ3v) is 7.04. The van der Waals surface area contributed by atoms with Gasteiger partial charge in [0.15, 0.2) is 11.7 Å². The van der Waals surface area contributed by atoms with E-state index in [2.05, 4.69) is 40.9 Å². The van der Waals surface area contributed by atoms with Crippen LogP contribution in [0, 0.1) is 5.92 Å². The predicted molar refractivity (Wildman–Crippen MR) is 109 cm³/mol. The van der Waals surface area contributed by atoms with Crippen molar-refractivity contribution < 1.29 is 9.69 Å². The van der Waals surface area contributed by atoms with Crippen molar-refractivity contribution >= 4 is 17.7 Å². The summed E-state index contributed by atoms with van der Waals surface area (Å²) >= 11 is 1.76. The van der Waals surface area contributed by atoms with Crippen LogP contribution in [0.3, 0.4) is 0 Å². The molecule has 1 unspecified atom stereocenters. The maximum Gasteiger partial charge on any atom is 0.275 e. The van der Waals surface area contributed by atoms with Gasteiger partial charge in [0.2, 0.25) is 0 Å². The average molecular weight is 395 g/mol. The Morgan fingerprint density at radius 3 is 2.78 bits per heavy atom. The highest BCUT2D eigenvalue weighted by Crippen LogP contribution is 2.25. The number of nitrogens with zero attached hydrogens (tertiary/aromatic N) is 3. The zero-order valence-corrected chi connectivity index (χ0v) is 18.0. The molecule has 152 valence electrons. The molecule has 1 aliphatic heterocycles. The predicted octanol–water partition coefficient (Wildman–Crippen LogP) is 1.87. The Bertz CT molecular complexity index is 620. The molecule has 6 nitrogen and oxygen atoms in total. The fourth-order valence-corrected chi connectivity index (χ4v) is 5.42. The Kier molecular flexibility index (Phi) is 7.58. The van der Waals surface area contributed by atoms with Crippen molar-refractivity contribution in [3.05, 3.63) is 5.82 Å². The minimum Gasteiger partial charge on any atom is -0.348 e. The van der Waals surface area contributed by atoms with E-state index in [4.69, 9.17) is 0 Å². The summed E-state index contributed by atoms with van der Waals surface area (Å²) in [4.78, 5) is 14.0. The first-order valence-electron chi connectivity index (χ1n) is 10.8. The van der Waals surface area contributed by atoms with Crippen LogP contribution in [0.1, 0.15) is 71.0 Å². The molecule has 2 N–H and O–H groups in total. The van der Waals surface area contributed by atoms with Crippen molar-refractivity contribution in [2.24, 2.45) is 5.92 Å². The second-order valence-electron chi connectivity index (χ2n) is 8.17. The second-order valence-corrected chi connectivity index (χ2v) is 9.41. The van der Waals surface area contributed by atoms with E-state index in [0.29, 0.717) is 24.4 Å². The molecule has 1 saturated heterocycles. The van der Waals surface area contributed by atoms with Crippen molar-refractivity contribution in [2.75, 3.05) is 25.4 Å². The summed E-state index contributed by atoms with van der Waals surface area (Å²) in [6.45, 7) is 10.2. The third kappa shape index (κ3) is 5.25. The quantitative estimate of drug-likeness (QED) is 0.693. The summed E-state index contributed by atoms with van der Waals surface area (Å²) in [5.74, 6) is 3.38. The molecular formula is C20H36N5OS+. The van der Waals surface area contributed by atoms with Crippen LogP contribution in [0.5, 0.6) is 0 Å². The Balaban J connectivity index is 1.57. The molecule has 7 heteroatoms. The number of carbonyl (C=O) groups is 1. The number of thioether (sulfide) groups is 1. The summed E-state index contributed by atoms with van der Waals surface area (Å²) in [5, 5.41) is 13.3. The fraction of sp³-hybridized carbons (Fsp3) is 0.850. The molecule has 1 aromatic rings. The van der Waals surface area contributed by atoms with Gasteiger partial charge in [-0.1, -0.05) is 38.5 Å². The van der Waals surface area contributed by atoms with Crippen molar-refractivity contribution in [3.8, 4) is 0 Å². The number of quaternary nitrogens is 1. The van der Waals surface area contributed by atoms with Gasteiger partial charge in [0.25, 0.3) is 5.91 Å². The molecule has 4 atom stereocenters. The van der Waals surface area contributed by atoms with Crippen LogP contribution in [-0.2, 0) is 11.3 Å². The maximum absolute atomic E-state index is 12.6. The third-order valence-electron chi connectivity index (χ3n) is 6.19. The number of likely N-dealkylation sites (tertiary alicyclic amines) is 1. The van der Waals surface area contributed by atoms with E-state index in [1.54, 1.807) is 11.8 Å². The first kappa shape index (κ1) is 20.6. The molecule has 2 fully saturated rings. The lowest BCUT2D eigenvalue weighted by molar-refractivity contribution is -0.898. The van der Waals surface area contributed by atoms with Crippen LogP contribution in [0.15, 0.2) is 5.16 Å². The summed E-state index contributed by atoms with van der Waals surface area (Å²) in [7, 11) is 0. The minimum absolute atomic E-state index is 0.226. The van der Waals surface area contributed by atoms with Gasteiger partial charge >= 0.3 is 0 Å². The molecule has 1 aromatic heterocycles.